The predicted molar refractivity (Wildman–Crippen MR) is 71.6 cm³/mol. The molecule has 1 aliphatic rings. The van der Waals surface area contributed by atoms with Gasteiger partial charge in [0.1, 0.15) is 6.04 Å². The minimum atomic E-state index is -0.812. The maximum Gasteiger partial charge on any atom is 0.325 e. The van der Waals surface area contributed by atoms with Gasteiger partial charge in [-0.05, 0) is 24.1 Å². The van der Waals surface area contributed by atoms with Gasteiger partial charge in [0.25, 0.3) is 0 Å². The summed E-state index contributed by atoms with van der Waals surface area (Å²) in [4.78, 5) is 13.4. The average molecular weight is 314 g/mol. The Morgan fingerprint density at radius 1 is 1.44 bits per heavy atom. The normalized spacial score (nSPS) is 18.6. The first-order valence-electron chi connectivity index (χ1n) is 5.90. The number of carboxylic acids is 1. The lowest BCUT2D eigenvalue weighted by Crippen LogP contribution is -2.42. The summed E-state index contributed by atoms with van der Waals surface area (Å²) in [6, 6.07) is 5.12. The van der Waals surface area contributed by atoms with E-state index in [1.807, 2.05) is 30.0 Å². The molecule has 1 saturated heterocycles. The van der Waals surface area contributed by atoms with Crippen molar-refractivity contribution in [2.24, 2.45) is 0 Å². The van der Waals surface area contributed by atoms with Gasteiger partial charge in [0.15, 0.2) is 0 Å². The fraction of sp³-hybridized carbons (Fsp3) is 0.462. The summed E-state index contributed by atoms with van der Waals surface area (Å²) in [5, 5.41) is 9.44. The number of carbonyl (C=O) groups is 1. The number of hydrogen-bond donors (Lipinski definition) is 1. The third kappa shape index (κ3) is 2.91. The molecule has 1 aromatic carbocycles. The van der Waals surface area contributed by atoms with Crippen LogP contribution in [0.25, 0.3) is 0 Å². The summed E-state index contributed by atoms with van der Waals surface area (Å²) in [7, 11) is 0. The standard InChI is InChI=1S/C13H16BrNO3/c1-9-2-3-10(8-11(9)14)12(13(16)17)15-4-6-18-7-5-15/h2-3,8,12H,4-7H2,1H3,(H,16,17). The van der Waals surface area contributed by atoms with E-state index < -0.39 is 12.0 Å². The Hall–Kier alpha value is -0.910. The molecule has 0 amide bonds. The fourth-order valence-electron chi connectivity index (χ4n) is 2.12. The van der Waals surface area contributed by atoms with Gasteiger partial charge in [0.05, 0.1) is 13.2 Å². The number of nitrogens with zero attached hydrogens (tertiary/aromatic N) is 1. The number of ether oxygens (including phenoxy) is 1. The van der Waals surface area contributed by atoms with Crippen LogP contribution in [-0.2, 0) is 9.53 Å². The highest BCUT2D eigenvalue weighted by molar-refractivity contribution is 9.10. The van der Waals surface area contributed by atoms with E-state index >= 15 is 0 Å². The summed E-state index contributed by atoms with van der Waals surface area (Å²) >= 11 is 3.45. The molecule has 1 heterocycles. The van der Waals surface area contributed by atoms with E-state index in [4.69, 9.17) is 4.74 Å². The maximum atomic E-state index is 11.5. The monoisotopic (exact) mass is 313 g/mol. The molecule has 0 saturated carbocycles. The highest BCUT2D eigenvalue weighted by Crippen LogP contribution is 2.26. The quantitative estimate of drug-likeness (QED) is 0.929. The minimum absolute atomic E-state index is 0.592. The van der Waals surface area contributed by atoms with Crippen LogP contribution in [0.1, 0.15) is 17.2 Å². The van der Waals surface area contributed by atoms with E-state index in [2.05, 4.69) is 15.9 Å². The molecule has 98 valence electrons. The molecule has 1 aliphatic heterocycles. The number of hydrogen-bond acceptors (Lipinski definition) is 3. The van der Waals surface area contributed by atoms with Crippen molar-refractivity contribution in [3.63, 3.8) is 0 Å². The lowest BCUT2D eigenvalue weighted by atomic mass is 10.0. The SMILES string of the molecule is Cc1ccc(C(C(=O)O)N2CCOCC2)cc1Br. The van der Waals surface area contributed by atoms with Gasteiger partial charge in [-0.2, -0.15) is 0 Å². The zero-order chi connectivity index (χ0) is 13.1. The number of aliphatic carboxylic acids is 1. The first kappa shape index (κ1) is 13.5. The first-order chi connectivity index (χ1) is 8.59. The topological polar surface area (TPSA) is 49.8 Å². The third-order valence-electron chi connectivity index (χ3n) is 3.16. The molecule has 1 N–H and O–H groups in total. The molecule has 0 radical (unpaired) electrons. The molecular weight excluding hydrogens is 298 g/mol. The van der Waals surface area contributed by atoms with Crippen molar-refractivity contribution < 1.29 is 14.6 Å². The van der Waals surface area contributed by atoms with Gasteiger partial charge in [-0.1, -0.05) is 28.1 Å². The molecule has 1 unspecified atom stereocenters. The van der Waals surface area contributed by atoms with Gasteiger partial charge in [-0.15, -0.1) is 0 Å². The summed E-state index contributed by atoms with van der Waals surface area (Å²) < 4.78 is 6.21. The van der Waals surface area contributed by atoms with Crippen molar-refractivity contribution in [3.05, 3.63) is 33.8 Å². The zero-order valence-corrected chi connectivity index (χ0v) is 11.8. The first-order valence-corrected chi connectivity index (χ1v) is 6.69. The van der Waals surface area contributed by atoms with Crippen LogP contribution in [0.15, 0.2) is 22.7 Å². The number of rotatable bonds is 3. The van der Waals surface area contributed by atoms with Gasteiger partial charge in [-0.3, -0.25) is 9.69 Å². The molecule has 0 bridgehead atoms. The number of halogens is 1. The van der Waals surface area contributed by atoms with E-state index in [9.17, 15) is 9.90 Å². The highest BCUT2D eigenvalue weighted by Gasteiger charge is 2.28. The lowest BCUT2D eigenvalue weighted by molar-refractivity contribution is -0.145. The number of carboxylic acid groups (broad SMARTS) is 1. The van der Waals surface area contributed by atoms with Crippen molar-refractivity contribution in [2.75, 3.05) is 26.3 Å². The summed E-state index contributed by atoms with van der Waals surface area (Å²) in [6.45, 7) is 4.48. The molecule has 18 heavy (non-hydrogen) atoms. The molecular formula is C13H16BrNO3. The average Bonchev–Trinajstić information content (AvgIpc) is 2.35. The Balaban J connectivity index is 2.28. The van der Waals surface area contributed by atoms with Crippen LogP contribution in [0.3, 0.4) is 0 Å². The fourth-order valence-corrected chi connectivity index (χ4v) is 2.52. The number of morpholine rings is 1. The predicted octanol–water partition coefficient (Wildman–Crippen LogP) is 2.22. The summed E-state index contributed by atoms with van der Waals surface area (Å²) in [5.74, 6) is -0.812. The third-order valence-corrected chi connectivity index (χ3v) is 4.01. The minimum Gasteiger partial charge on any atom is -0.480 e. The van der Waals surface area contributed by atoms with Crippen molar-refractivity contribution >= 4 is 21.9 Å². The van der Waals surface area contributed by atoms with Crippen LogP contribution in [0, 0.1) is 6.92 Å². The molecule has 2 rings (SSSR count). The number of benzene rings is 1. The smallest absolute Gasteiger partial charge is 0.325 e. The second-order valence-corrected chi connectivity index (χ2v) is 5.25. The Bertz CT molecular complexity index is 444. The molecule has 0 aliphatic carbocycles. The summed E-state index contributed by atoms with van der Waals surface area (Å²) in [5.41, 5.74) is 1.91. The molecule has 1 atom stereocenters. The zero-order valence-electron chi connectivity index (χ0n) is 10.2. The van der Waals surface area contributed by atoms with Gasteiger partial charge in [0, 0.05) is 17.6 Å². The van der Waals surface area contributed by atoms with E-state index in [1.165, 1.54) is 0 Å². The Morgan fingerprint density at radius 2 is 2.11 bits per heavy atom. The van der Waals surface area contributed by atoms with Crippen molar-refractivity contribution in [1.82, 2.24) is 4.90 Å². The van der Waals surface area contributed by atoms with Crippen LogP contribution in [0.4, 0.5) is 0 Å². The van der Waals surface area contributed by atoms with Gasteiger partial charge in [-0.25, -0.2) is 0 Å². The van der Waals surface area contributed by atoms with E-state index in [1.54, 1.807) is 0 Å². The highest BCUT2D eigenvalue weighted by atomic mass is 79.9. The van der Waals surface area contributed by atoms with Gasteiger partial charge < -0.3 is 9.84 Å². The van der Waals surface area contributed by atoms with Crippen LogP contribution in [0.5, 0.6) is 0 Å². The van der Waals surface area contributed by atoms with Crippen LogP contribution >= 0.6 is 15.9 Å². The Morgan fingerprint density at radius 3 is 2.67 bits per heavy atom. The molecule has 1 aromatic rings. The van der Waals surface area contributed by atoms with Crippen molar-refractivity contribution in [3.8, 4) is 0 Å². The lowest BCUT2D eigenvalue weighted by Gasteiger charge is -2.32. The molecule has 4 nitrogen and oxygen atoms in total. The van der Waals surface area contributed by atoms with Gasteiger partial charge in [0.2, 0.25) is 0 Å². The van der Waals surface area contributed by atoms with Crippen molar-refractivity contribution in [1.29, 1.82) is 0 Å². The molecule has 1 fully saturated rings. The molecule has 0 aromatic heterocycles. The maximum absolute atomic E-state index is 11.5. The Kier molecular flexibility index (Phi) is 4.37. The molecule has 0 spiro atoms. The number of aryl methyl sites for hydroxylation is 1. The van der Waals surface area contributed by atoms with Crippen LogP contribution in [0.2, 0.25) is 0 Å². The molecule has 5 heteroatoms. The second kappa shape index (κ2) is 5.82. The van der Waals surface area contributed by atoms with E-state index in [0.717, 1.165) is 15.6 Å². The van der Waals surface area contributed by atoms with Gasteiger partial charge >= 0.3 is 5.97 Å². The largest absolute Gasteiger partial charge is 0.480 e. The Labute approximate surface area is 115 Å². The second-order valence-electron chi connectivity index (χ2n) is 4.40. The summed E-state index contributed by atoms with van der Waals surface area (Å²) in [6.07, 6.45) is 0. The van der Waals surface area contributed by atoms with Crippen LogP contribution in [-0.4, -0.2) is 42.3 Å². The van der Waals surface area contributed by atoms with Crippen molar-refractivity contribution in [2.45, 2.75) is 13.0 Å². The van der Waals surface area contributed by atoms with Crippen LogP contribution < -0.4 is 0 Å². The van der Waals surface area contributed by atoms with E-state index in [-0.39, 0.29) is 0 Å². The van der Waals surface area contributed by atoms with E-state index in [0.29, 0.717) is 26.3 Å².